The molecule has 0 aliphatic rings. The van der Waals surface area contributed by atoms with Gasteiger partial charge in [-0.05, 0) is 18.7 Å². The van der Waals surface area contributed by atoms with Crippen molar-refractivity contribution in [3.8, 4) is 0 Å². The number of ether oxygens (including phenoxy) is 1. The summed E-state index contributed by atoms with van der Waals surface area (Å²) in [6.45, 7) is 3.67. The highest BCUT2D eigenvalue weighted by Gasteiger charge is 2.17. The smallest absolute Gasteiger partial charge is 0.320 e. The molecule has 94 valence electrons. The van der Waals surface area contributed by atoms with E-state index in [1.807, 2.05) is 31.4 Å². The fraction of sp³-hybridized carbons (Fsp3) is 0.462. The summed E-state index contributed by atoms with van der Waals surface area (Å²) in [6.07, 6.45) is 1.92. The molecule has 1 aromatic rings. The number of nitrogens with one attached hydrogen (secondary N) is 1. The predicted octanol–water partition coefficient (Wildman–Crippen LogP) is 2.07. The second-order valence-corrected chi connectivity index (χ2v) is 4.63. The van der Waals surface area contributed by atoms with Crippen molar-refractivity contribution < 1.29 is 9.53 Å². The van der Waals surface area contributed by atoms with Crippen molar-refractivity contribution in [1.82, 2.24) is 5.32 Å². The van der Waals surface area contributed by atoms with Crippen LogP contribution in [0, 0.1) is 0 Å². The molecule has 17 heavy (non-hydrogen) atoms. The summed E-state index contributed by atoms with van der Waals surface area (Å²) >= 11 is 1.52. The largest absolute Gasteiger partial charge is 0.465 e. The molecule has 1 rings (SSSR count). The molecule has 1 aromatic carbocycles. The molecule has 0 spiro atoms. The number of carbonyl (C=O) groups excluding carboxylic acids is 1. The molecule has 0 aliphatic heterocycles. The average Bonchev–Trinajstić information content (AvgIpc) is 2.36. The van der Waals surface area contributed by atoms with Gasteiger partial charge in [0.15, 0.2) is 0 Å². The lowest BCUT2D eigenvalue weighted by Crippen LogP contribution is -2.32. The fourth-order valence-corrected chi connectivity index (χ4v) is 1.99. The van der Waals surface area contributed by atoms with Crippen molar-refractivity contribution in [3.05, 3.63) is 35.9 Å². The summed E-state index contributed by atoms with van der Waals surface area (Å²) in [4.78, 5) is 11.5. The molecular weight excluding hydrogens is 234 g/mol. The zero-order valence-electron chi connectivity index (χ0n) is 10.3. The van der Waals surface area contributed by atoms with Gasteiger partial charge in [-0.1, -0.05) is 30.3 Å². The highest BCUT2D eigenvalue weighted by molar-refractivity contribution is 7.99. The lowest BCUT2D eigenvalue weighted by atomic mass is 10.2. The first-order valence-electron chi connectivity index (χ1n) is 5.72. The molecule has 0 bridgehead atoms. The third-order valence-electron chi connectivity index (χ3n) is 2.34. The third-order valence-corrected chi connectivity index (χ3v) is 3.26. The number of esters is 1. The first kappa shape index (κ1) is 14.1. The average molecular weight is 253 g/mol. The van der Waals surface area contributed by atoms with E-state index in [4.69, 9.17) is 4.74 Å². The van der Waals surface area contributed by atoms with E-state index in [0.29, 0.717) is 13.2 Å². The molecule has 0 aliphatic carbocycles. The number of thioether (sulfide) groups is 1. The van der Waals surface area contributed by atoms with E-state index < -0.39 is 0 Å². The van der Waals surface area contributed by atoms with Crippen molar-refractivity contribution in [1.29, 1.82) is 0 Å². The van der Waals surface area contributed by atoms with E-state index in [1.54, 1.807) is 0 Å². The highest BCUT2D eigenvalue weighted by atomic mass is 32.2. The Hall–Kier alpha value is -1.00. The molecule has 0 aromatic heterocycles. The van der Waals surface area contributed by atoms with E-state index >= 15 is 0 Å². The van der Waals surface area contributed by atoms with Crippen LogP contribution in [0.2, 0.25) is 0 Å². The maximum atomic E-state index is 11.5. The Morgan fingerprint density at radius 2 is 2.12 bits per heavy atom. The molecular formula is C13H19NO2S. The maximum Gasteiger partial charge on any atom is 0.320 e. The molecule has 3 nitrogen and oxygen atoms in total. The van der Waals surface area contributed by atoms with Gasteiger partial charge in [0.05, 0.1) is 6.61 Å². The van der Waals surface area contributed by atoms with Gasteiger partial charge in [-0.25, -0.2) is 0 Å². The van der Waals surface area contributed by atoms with Crippen molar-refractivity contribution in [3.63, 3.8) is 0 Å². The number of rotatable bonds is 7. The summed E-state index contributed by atoms with van der Waals surface area (Å²) in [5, 5.41) is 3.14. The van der Waals surface area contributed by atoms with E-state index in [0.717, 1.165) is 6.54 Å². The summed E-state index contributed by atoms with van der Waals surface area (Å²) < 4.78 is 5.00. The van der Waals surface area contributed by atoms with Crippen LogP contribution in [-0.2, 0) is 16.1 Å². The van der Waals surface area contributed by atoms with Crippen LogP contribution in [0.4, 0.5) is 0 Å². The fourth-order valence-electron chi connectivity index (χ4n) is 1.44. The van der Waals surface area contributed by atoms with Gasteiger partial charge in [-0.15, -0.1) is 11.8 Å². The lowest BCUT2D eigenvalue weighted by molar-refractivity contribution is -0.142. The molecule has 0 amide bonds. The van der Waals surface area contributed by atoms with Gasteiger partial charge in [-0.3, -0.25) is 4.79 Å². The Bertz CT molecular complexity index is 329. The van der Waals surface area contributed by atoms with Gasteiger partial charge in [0.2, 0.25) is 0 Å². The van der Waals surface area contributed by atoms with E-state index in [-0.39, 0.29) is 11.2 Å². The second kappa shape index (κ2) is 8.14. The van der Waals surface area contributed by atoms with Gasteiger partial charge in [0.1, 0.15) is 5.25 Å². The van der Waals surface area contributed by atoms with Gasteiger partial charge in [0, 0.05) is 13.1 Å². The topological polar surface area (TPSA) is 38.3 Å². The van der Waals surface area contributed by atoms with Crippen LogP contribution >= 0.6 is 11.8 Å². The lowest BCUT2D eigenvalue weighted by Gasteiger charge is -2.13. The molecule has 1 atom stereocenters. The van der Waals surface area contributed by atoms with Crippen molar-refractivity contribution >= 4 is 17.7 Å². The Labute approximate surface area is 107 Å². The summed E-state index contributed by atoms with van der Waals surface area (Å²) in [6, 6.07) is 10.1. The van der Waals surface area contributed by atoms with Crippen LogP contribution in [0.3, 0.4) is 0 Å². The molecule has 0 radical (unpaired) electrons. The van der Waals surface area contributed by atoms with Crippen molar-refractivity contribution in [2.75, 3.05) is 19.4 Å². The molecule has 0 fully saturated rings. The number of hydrogen-bond donors (Lipinski definition) is 1. The van der Waals surface area contributed by atoms with Crippen LogP contribution in [0.1, 0.15) is 12.5 Å². The van der Waals surface area contributed by atoms with Crippen molar-refractivity contribution in [2.45, 2.75) is 18.7 Å². The minimum Gasteiger partial charge on any atom is -0.465 e. The number of carbonyl (C=O) groups is 1. The minimum absolute atomic E-state index is 0.126. The van der Waals surface area contributed by atoms with Crippen LogP contribution in [-0.4, -0.2) is 30.6 Å². The first-order valence-corrected chi connectivity index (χ1v) is 7.00. The summed E-state index contributed by atoms with van der Waals surface area (Å²) in [5.41, 5.74) is 1.22. The van der Waals surface area contributed by atoms with Crippen LogP contribution in [0.5, 0.6) is 0 Å². The van der Waals surface area contributed by atoms with Crippen LogP contribution in [0.15, 0.2) is 30.3 Å². The molecule has 0 saturated carbocycles. The second-order valence-electron chi connectivity index (χ2n) is 3.59. The van der Waals surface area contributed by atoms with Crippen LogP contribution < -0.4 is 5.32 Å². The monoisotopic (exact) mass is 253 g/mol. The van der Waals surface area contributed by atoms with Crippen molar-refractivity contribution in [2.24, 2.45) is 0 Å². The van der Waals surface area contributed by atoms with E-state index in [2.05, 4.69) is 17.4 Å². The molecule has 4 heteroatoms. The quantitative estimate of drug-likeness (QED) is 0.755. The van der Waals surface area contributed by atoms with Gasteiger partial charge in [0.25, 0.3) is 0 Å². The maximum absolute atomic E-state index is 11.5. The number of hydrogen-bond acceptors (Lipinski definition) is 4. The summed E-state index contributed by atoms with van der Waals surface area (Å²) in [5.74, 6) is -0.138. The van der Waals surface area contributed by atoms with E-state index in [9.17, 15) is 4.79 Å². The van der Waals surface area contributed by atoms with Gasteiger partial charge < -0.3 is 10.1 Å². The normalized spacial score (nSPS) is 12.1. The SMILES string of the molecule is CCOC(=O)[C@H](CNCc1ccccc1)SC. The minimum atomic E-state index is -0.138. The predicted molar refractivity (Wildman–Crippen MR) is 72.1 cm³/mol. The van der Waals surface area contributed by atoms with Gasteiger partial charge >= 0.3 is 5.97 Å². The number of benzene rings is 1. The summed E-state index contributed by atoms with van der Waals surface area (Å²) in [7, 11) is 0. The standard InChI is InChI=1S/C13H19NO2S/c1-3-16-13(15)12(17-2)10-14-9-11-7-5-4-6-8-11/h4-8,12,14H,3,9-10H2,1-2H3/t12-/m0/s1. The Morgan fingerprint density at radius 3 is 2.71 bits per heavy atom. The Morgan fingerprint density at radius 1 is 1.41 bits per heavy atom. The Kier molecular flexibility index (Phi) is 6.74. The third kappa shape index (κ3) is 5.24. The van der Waals surface area contributed by atoms with E-state index in [1.165, 1.54) is 17.3 Å². The highest BCUT2D eigenvalue weighted by Crippen LogP contribution is 2.08. The zero-order chi connectivity index (χ0) is 12.5. The molecule has 0 saturated heterocycles. The molecule has 0 unspecified atom stereocenters. The first-order chi connectivity index (χ1) is 8.27. The van der Waals surface area contributed by atoms with Gasteiger partial charge in [-0.2, -0.15) is 0 Å². The molecule has 1 N–H and O–H groups in total. The van der Waals surface area contributed by atoms with Crippen LogP contribution in [0.25, 0.3) is 0 Å². The zero-order valence-corrected chi connectivity index (χ0v) is 11.1. The Balaban J connectivity index is 2.31. The molecule has 0 heterocycles.